The van der Waals surface area contributed by atoms with E-state index in [1.54, 1.807) is 0 Å². The molecule has 0 bridgehead atoms. The third-order valence-corrected chi connectivity index (χ3v) is 2.23. The maximum atomic E-state index is 12.6. The minimum absolute atomic E-state index is 0.00484. The van der Waals surface area contributed by atoms with Crippen LogP contribution in [0.3, 0.4) is 0 Å². The number of rotatable bonds is 2. The van der Waals surface area contributed by atoms with Gasteiger partial charge in [-0.3, -0.25) is 0 Å². The van der Waals surface area contributed by atoms with Gasteiger partial charge in [0.15, 0.2) is 5.60 Å². The van der Waals surface area contributed by atoms with Crippen LogP contribution in [0, 0.1) is 11.3 Å². The van der Waals surface area contributed by atoms with Gasteiger partial charge in [0.05, 0.1) is 12.5 Å². The fourth-order valence-electron chi connectivity index (χ4n) is 1.10. The average Bonchev–Trinajstić information content (AvgIpc) is 2.17. The van der Waals surface area contributed by atoms with Crippen molar-refractivity contribution in [2.45, 2.75) is 18.2 Å². The van der Waals surface area contributed by atoms with E-state index in [2.05, 4.69) is 4.98 Å². The number of aromatic nitrogens is 1. The smallest absolute Gasteiger partial charge is 0.375 e. The third kappa shape index (κ3) is 2.26. The number of hydrogen-bond donors (Lipinski definition) is 1. The summed E-state index contributed by atoms with van der Waals surface area (Å²) in [6.45, 7) is 0. The van der Waals surface area contributed by atoms with E-state index in [9.17, 15) is 18.3 Å². The molecule has 1 aromatic rings. The van der Waals surface area contributed by atoms with Crippen molar-refractivity contribution in [2.24, 2.45) is 0 Å². The van der Waals surface area contributed by atoms with Crippen molar-refractivity contribution >= 4 is 11.6 Å². The Bertz CT molecular complexity index is 412. The molecule has 1 unspecified atom stereocenters. The van der Waals surface area contributed by atoms with Gasteiger partial charge in [-0.15, -0.1) is 0 Å². The first-order valence-electron chi connectivity index (χ1n) is 4.09. The highest BCUT2D eigenvalue weighted by atomic mass is 35.5. The molecule has 0 saturated carbocycles. The second-order valence-electron chi connectivity index (χ2n) is 3.06. The molecule has 3 nitrogen and oxygen atoms in total. The molecule has 7 heteroatoms. The van der Waals surface area contributed by atoms with Crippen molar-refractivity contribution < 1.29 is 18.3 Å². The normalized spacial score (nSPS) is 15.2. The molecule has 0 aliphatic rings. The summed E-state index contributed by atoms with van der Waals surface area (Å²) in [6.07, 6.45) is -5.24. The van der Waals surface area contributed by atoms with Gasteiger partial charge in [0.2, 0.25) is 0 Å². The number of nitrogens with zero attached hydrogens (tertiary/aromatic N) is 2. The molecule has 1 rings (SSSR count). The quantitative estimate of drug-likeness (QED) is 0.820. The van der Waals surface area contributed by atoms with Crippen LogP contribution in [-0.2, 0) is 5.60 Å². The first-order valence-corrected chi connectivity index (χ1v) is 4.47. The van der Waals surface area contributed by atoms with Crippen LogP contribution in [0.15, 0.2) is 18.3 Å². The van der Waals surface area contributed by atoms with Crippen LogP contribution in [-0.4, -0.2) is 16.3 Å². The van der Waals surface area contributed by atoms with E-state index in [0.717, 1.165) is 18.3 Å². The molecule has 1 aromatic heterocycles. The minimum atomic E-state index is -4.95. The molecular formula is C9H6ClF3N2O. The molecule has 1 heterocycles. The van der Waals surface area contributed by atoms with E-state index >= 15 is 0 Å². The number of alkyl halides is 3. The summed E-state index contributed by atoms with van der Waals surface area (Å²) in [5.74, 6) is 0. The van der Waals surface area contributed by atoms with E-state index < -0.39 is 23.8 Å². The summed E-state index contributed by atoms with van der Waals surface area (Å²) in [5, 5.41) is 17.8. The number of aliphatic hydroxyl groups is 1. The second kappa shape index (κ2) is 4.28. The van der Waals surface area contributed by atoms with Crippen LogP contribution < -0.4 is 0 Å². The van der Waals surface area contributed by atoms with Crippen LogP contribution in [0.4, 0.5) is 13.2 Å². The van der Waals surface area contributed by atoms with E-state index in [0.29, 0.717) is 0 Å². The molecule has 1 N–H and O–H groups in total. The van der Waals surface area contributed by atoms with Crippen molar-refractivity contribution in [1.29, 1.82) is 5.26 Å². The number of nitriles is 1. The Morgan fingerprint density at radius 2 is 2.06 bits per heavy atom. The summed E-state index contributed by atoms with van der Waals surface area (Å²) in [7, 11) is 0. The highest BCUT2D eigenvalue weighted by Crippen LogP contribution is 2.41. The Labute approximate surface area is 94.1 Å². The zero-order chi connectivity index (χ0) is 12.4. The highest BCUT2D eigenvalue weighted by Gasteiger charge is 2.55. The second-order valence-corrected chi connectivity index (χ2v) is 3.45. The first-order chi connectivity index (χ1) is 7.31. The Hall–Kier alpha value is -1.32. The van der Waals surface area contributed by atoms with E-state index in [4.69, 9.17) is 16.9 Å². The lowest BCUT2D eigenvalue weighted by Crippen LogP contribution is -2.42. The van der Waals surface area contributed by atoms with Crippen molar-refractivity contribution in [2.75, 3.05) is 0 Å². The van der Waals surface area contributed by atoms with Crippen molar-refractivity contribution in [1.82, 2.24) is 4.98 Å². The van der Waals surface area contributed by atoms with Gasteiger partial charge in [0.1, 0.15) is 5.15 Å². The highest BCUT2D eigenvalue weighted by molar-refractivity contribution is 6.29. The predicted octanol–water partition coefficient (Wildman–Crippen LogP) is 2.40. The number of halogens is 4. The lowest BCUT2D eigenvalue weighted by Gasteiger charge is -2.28. The average molecular weight is 251 g/mol. The minimum Gasteiger partial charge on any atom is -0.375 e. The lowest BCUT2D eigenvalue weighted by atomic mass is 9.92. The summed E-state index contributed by atoms with van der Waals surface area (Å²) in [5.41, 5.74) is -3.72. The zero-order valence-electron chi connectivity index (χ0n) is 7.79. The molecule has 0 aliphatic heterocycles. The van der Waals surface area contributed by atoms with Crippen molar-refractivity contribution in [3.05, 3.63) is 29.0 Å². The Morgan fingerprint density at radius 1 is 1.44 bits per heavy atom. The topological polar surface area (TPSA) is 56.9 Å². The molecular weight excluding hydrogens is 245 g/mol. The molecule has 0 saturated heterocycles. The van der Waals surface area contributed by atoms with Crippen molar-refractivity contribution in [3.8, 4) is 6.07 Å². The van der Waals surface area contributed by atoms with Gasteiger partial charge in [-0.05, 0) is 6.07 Å². The molecule has 0 aromatic carbocycles. The molecule has 86 valence electrons. The van der Waals surface area contributed by atoms with Crippen LogP contribution in [0.1, 0.15) is 12.0 Å². The summed E-state index contributed by atoms with van der Waals surface area (Å²) in [6, 6.07) is 3.40. The van der Waals surface area contributed by atoms with Gasteiger partial charge in [0, 0.05) is 11.8 Å². The van der Waals surface area contributed by atoms with Crippen LogP contribution in [0.5, 0.6) is 0 Å². The monoisotopic (exact) mass is 250 g/mol. The summed E-state index contributed by atoms with van der Waals surface area (Å²) >= 11 is 5.41. The third-order valence-electron chi connectivity index (χ3n) is 2.01. The van der Waals surface area contributed by atoms with Gasteiger partial charge >= 0.3 is 6.18 Å². The van der Waals surface area contributed by atoms with Gasteiger partial charge in [0.25, 0.3) is 0 Å². The lowest BCUT2D eigenvalue weighted by molar-refractivity contribution is -0.264. The first kappa shape index (κ1) is 12.7. The maximum absolute atomic E-state index is 12.6. The fraction of sp³-hybridized carbons (Fsp3) is 0.333. The number of pyridine rings is 1. The number of hydrogen-bond acceptors (Lipinski definition) is 3. The molecule has 0 aliphatic carbocycles. The maximum Gasteiger partial charge on any atom is 0.422 e. The summed E-state index contributed by atoms with van der Waals surface area (Å²) in [4.78, 5) is 3.44. The van der Waals surface area contributed by atoms with E-state index in [1.807, 2.05) is 0 Å². The Morgan fingerprint density at radius 3 is 2.44 bits per heavy atom. The molecule has 16 heavy (non-hydrogen) atoms. The largest absolute Gasteiger partial charge is 0.422 e. The predicted molar refractivity (Wildman–Crippen MR) is 49.4 cm³/mol. The SMILES string of the molecule is N#CCC(O)(c1ccc(Cl)nc1)C(F)(F)F. The van der Waals surface area contributed by atoms with Crippen LogP contribution in [0.25, 0.3) is 0 Å². The Kier molecular flexibility index (Phi) is 3.41. The van der Waals surface area contributed by atoms with Crippen molar-refractivity contribution in [3.63, 3.8) is 0 Å². The Balaban J connectivity index is 3.23. The van der Waals surface area contributed by atoms with Crippen LogP contribution in [0.2, 0.25) is 5.15 Å². The van der Waals surface area contributed by atoms with Gasteiger partial charge < -0.3 is 5.11 Å². The standard InChI is InChI=1S/C9H6ClF3N2O/c10-7-2-1-6(5-15-7)8(16,3-4-14)9(11,12)13/h1-2,5,16H,3H2. The van der Waals surface area contributed by atoms with Gasteiger partial charge in [-0.2, -0.15) is 18.4 Å². The molecule has 1 atom stereocenters. The van der Waals surface area contributed by atoms with E-state index in [1.165, 1.54) is 6.07 Å². The molecule has 0 spiro atoms. The van der Waals surface area contributed by atoms with Crippen LogP contribution >= 0.6 is 11.6 Å². The van der Waals surface area contributed by atoms with Gasteiger partial charge in [-0.1, -0.05) is 17.7 Å². The van der Waals surface area contributed by atoms with E-state index in [-0.39, 0.29) is 5.15 Å². The fourth-order valence-corrected chi connectivity index (χ4v) is 1.21. The molecule has 0 radical (unpaired) electrons. The van der Waals surface area contributed by atoms with Gasteiger partial charge in [-0.25, -0.2) is 4.98 Å². The summed E-state index contributed by atoms with van der Waals surface area (Å²) < 4.78 is 37.8. The molecule has 0 fully saturated rings. The zero-order valence-corrected chi connectivity index (χ0v) is 8.55. The molecule has 0 amide bonds.